The zero-order chi connectivity index (χ0) is 20.7. The van der Waals surface area contributed by atoms with Crippen LogP contribution >= 0.6 is 11.6 Å². The molecule has 6 nitrogen and oxygen atoms in total. The fourth-order valence-corrected chi connectivity index (χ4v) is 2.73. The van der Waals surface area contributed by atoms with Crippen molar-refractivity contribution in [2.75, 3.05) is 20.3 Å². The number of nitrogens with one attached hydrogen (secondary N) is 1. The highest BCUT2D eigenvalue weighted by atomic mass is 35.5. The van der Waals surface area contributed by atoms with Crippen LogP contribution in [0.15, 0.2) is 42.5 Å². The molecule has 1 atom stereocenters. The van der Waals surface area contributed by atoms with E-state index in [-0.39, 0.29) is 24.3 Å². The molecule has 2 N–H and O–H groups in total. The Bertz CT molecular complexity index is 847. The number of carbonyl (C=O) groups excluding carboxylic acids is 1. The molecule has 150 valence electrons. The first-order valence-corrected chi connectivity index (χ1v) is 8.54. The highest BCUT2D eigenvalue weighted by Gasteiger charge is 2.21. The summed E-state index contributed by atoms with van der Waals surface area (Å²) in [5.74, 6) is -1.33. The predicted octanol–water partition coefficient (Wildman–Crippen LogP) is 4.44. The normalized spacial score (nSPS) is 11.9. The van der Waals surface area contributed by atoms with E-state index in [0.717, 1.165) is 6.07 Å². The third-order valence-electron chi connectivity index (χ3n) is 3.77. The summed E-state index contributed by atoms with van der Waals surface area (Å²) in [5.41, 5.74) is 0.0678. The molecule has 0 aliphatic carbocycles. The van der Waals surface area contributed by atoms with Gasteiger partial charge in [-0.3, -0.25) is 0 Å². The highest BCUT2D eigenvalue weighted by Crippen LogP contribution is 2.31. The van der Waals surface area contributed by atoms with Crippen LogP contribution in [-0.2, 0) is 9.47 Å². The van der Waals surface area contributed by atoms with E-state index in [4.69, 9.17) is 16.3 Å². The standard InChI is InChI=1S/C19H18ClF2NO5/c1-27-19(26)23-5-6-28-16(11-3-2-4-15(20)10-11)12-7-13(17(21)22)9-14(8-12)18(24)25/h2-4,7-10,16-17H,5-6H2,1H3,(H,23,26)(H,24,25). The molecule has 0 saturated heterocycles. The maximum atomic E-state index is 13.2. The number of rotatable bonds is 8. The van der Waals surface area contributed by atoms with Gasteiger partial charge in [-0.05, 0) is 41.5 Å². The molecule has 0 saturated carbocycles. The van der Waals surface area contributed by atoms with Crippen molar-refractivity contribution >= 4 is 23.7 Å². The Morgan fingerprint density at radius 3 is 2.46 bits per heavy atom. The van der Waals surface area contributed by atoms with Crippen LogP contribution in [0.25, 0.3) is 0 Å². The van der Waals surface area contributed by atoms with E-state index < -0.39 is 30.2 Å². The van der Waals surface area contributed by atoms with Crippen LogP contribution in [0.4, 0.5) is 13.6 Å². The molecule has 0 spiro atoms. The number of hydrogen-bond donors (Lipinski definition) is 2. The van der Waals surface area contributed by atoms with Crippen molar-refractivity contribution in [3.8, 4) is 0 Å². The van der Waals surface area contributed by atoms with E-state index in [9.17, 15) is 23.5 Å². The van der Waals surface area contributed by atoms with E-state index in [1.54, 1.807) is 24.3 Å². The summed E-state index contributed by atoms with van der Waals surface area (Å²) >= 11 is 6.02. The van der Waals surface area contributed by atoms with Crippen molar-refractivity contribution in [1.82, 2.24) is 5.32 Å². The fraction of sp³-hybridized carbons (Fsp3) is 0.263. The van der Waals surface area contributed by atoms with Gasteiger partial charge in [0.05, 0.1) is 19.3 Å². The summed E-state index contributed by atoms with van der Waals surface area (Å²) in [5, 5.41) is 12.1. The third kappa shape index (κ3) is 5.90. The summed E-state index contributed by atoms with van der Waals surface area (Å²) in [6.45, 7) is 0.123. The number of halogens is 3. The maximum absolute atomic E-state index is 13.2. The van der Waals surface area contributed by atoms with Gasteiger partial charge in [0.1, 0.15) is 6.10 Å². The van der Waals surface area contributed by atoms with E-state index in [1.807, 2.05) is 0 Å². The van der Waals surface area contributed by atoms with Crippen LogP contribution in [0.3, 0.4) is 0 Å². The van der Waals surface area contributed by atoms with Crippen LogP contribution in [0, 0.1) is 0 Å². The van der Waals surface area contributed by atoms with Crippen molar-refractivity contribution in [3.05, 3.63) is 69.7 Å². The Hall–Kier alpha value is -2.71. The lowest BCUT2D eigenvalue weighted by molar-refractivity contribution is 0.0692. The summed E-state index contributed by atoms with van der Waals surface area (Å²) in [6, 6.07) is 9.96. The number of alkyl halides is 2. The summed E-state index contributed by atoms with van der Waals surface area (Å²) in [4.78, 5) is 22.5. The fourth-order valence-electron chi connectivity index (χ4n) is 2.53. The number of carboxylic acids is 1. The largest absolute Gasteiger partial charge is 0.478 e. The zero-order valence-electron chi connectivity index (χ0n) is 14.8. The number of aromatic carboxylic acids is 1. The molecule has 9 heteroatoms. The van der Waals surface area contributed by atoms with Gasteiger partial charge in [0.2, 0.25) is 0 Å². The van der Waals surface area contributed by atoms with Crippen LogP contribution in [0.5, 0.6) is 0 Å². The second kappa shape index (κ2) is 10.0. The quantitative estimate of drug-likeness (QED) is 0.625. The molecule has 28 heavy (non-hydrogen) atoms. The Morgan fingerprint density at radius 2 is 1.86 bits per heavy atom. The summed E-state index contributed by atoms with van der Waals surface area (Å²) < 4.78 is 36.7. The Balaban J connectivity index is 2.37. The highest BCUT2D eigenvalue weighted by molar-refractivity contribution is 6.30. The van der Waals surface area contributed by atoms with Crippen LogP contribution in [0.2, 0.25) is 5.02 Å². The van der Waals surface area contributed by atoms with Crippen molar-refractivity contribution < 1.29 is 33.0 Å². The van der Waals surface area contributed by atoms with Gasteiger partial charge in [-0.1, -0.05) is 23.7 Å². The van der Waals surface area contributed by atoms with Gasteiger partial charge in [0.25, 0.3) is 6.43 Å². The molecule has 0 aliphatic heterocycles. The second-order valence-corrected chi connectivity index (χ2v) is 6.15. The average Bonchev–Trinajstić information content (AvgIpc) is 2.67. The van der Waals surface area contributed by atoms with Gasteiger partial charge in [-0.15, -0.1) is 0 Å². The van der Waals surface area contributed by atoms with Crippen molar-refractivity contribution in [3.63, 3.8) is 0 Å². The van der Waals surface area contributed by atoms with Crippen LogP contribution in [0.1, 0.15) is 39.6 Å². The Morgan fingerprint density at radius 1 is 1.14 bits per heavy atom. The van der Waals surface area contributed by atoms with E-state index in [0.29, 0.717) is 10.6 Å². The first-order chi connectivity index (χ1) is 13.3. The van der Waals surface area contributed by atoms with Gasteiger partial charge in [0, 0.05) is 17.1 Å². The minimum absolute atomic E-state index is 0.0214. The lowest BCUT2D eigenvalue weighted by Crippen LogP contribution is -2.27. The number of carboxylic acid groups (broad SMARTS) is 1. The molecule has 0 bridgehead atoms. The number of ether oxygens (including phenoxy) is 2. The van der Waals surface area contributed by atoms with Gasteiger partial charge < -0.3 is 19.9 Å². The third-order valence-corrected chi connectivity index (χ3v) is 4.01. The van der Waals surface area contributed by atoms with Gasteiger partial charge in [-0.25, -0.2) is 18.4 Å². The summed E-state index contributed by atoms with van der Waals surface area (Å²) in [7, 11) is 1.22. The lowest BCUT2D eigenvalue weighted by Gasteiger charge is -2.21. The number of amides is 1. The first kappa shape index (κ1) is 21.6. The number of benzene rings is 2. The first-order valence-electron chi connectivity index (χ1n) is 8.17. The maximum Gasteiger partial charge on any atom is 0.406 e. The van der Waals surface area contributed by atoms with Crippen LogP contribution < -0.4 is 5.32 Å². The second-order valence-electron chi connectivity index (χ2n) is 5.72. The van der Waals surface area contributed by atoms with Gasteiger partial charge in [0.15, 0.2) is 0 Å². The molecule has 0 aliphatic rings. The van der Waals surface area contributed by atoms with E-state index in [2.05, 4.69) is 10.1 Å². The van der Waals surface area contributed by atoms with Crippen molar-refractivity contribution in [2.45, 2.75) is 12.5 Å². The molecule has 0 radical (unpaired) electrons. The molecule has 1 amide bonds. The van der Waals surface area contributed by atoms with Gasteiger partial charge in [-0.2, -0.15) is 0 Å². The molecule has 2 rings (SSSR count). The van der Waals surface area contributed by atoms with Crippen LogP contribution in [-0.4, -0.2) is 37.4 Å². The molecule has 1 unspecified atom stereocenters. The smallest absolute Gasteiger partial charge is 0.406 e. The Labute approximate surface area is 165 Å². The Kier molecular flexibility index (Phi) is 7.71. The van der Waals surface area contributed by atoms with Crippen molar-refractivity contribution in [2.24, 2.45) is 0 Å². The summed E-state index contributed by atoms with van der Waals surface area (Å²) in [6.07, 6.45) is -4.36. The number of carbonyl (C=O) groups is 2. The molecule has 0 heterocycles. The van der Waals surface area contributed by atoms with Crippen molar-refractivity contribution in [1.29, 1.82) is 0 Å². The molecule has 2 aromatic rings. The predicted molar refractivity (Wildman–Crippen MR) is 98.0 cm³/mol. The minimum Gasteiger partial charge on any atom is -0.478 e. The SMILES string of the molecule is COC(=O)NCCOC(c1cccc(Cl)c1)c1cc(C(=O)O)cc(C(F)F)c1. The topological polar surface area (TPSA) is 84.9 Å². The lowest BCUT2D eigenvalue weighted by atomic mass is 9.97. The molecule has 2 aromatic carbocycles. The molecule has 0 aromatic heterocycles. The number of alkyl carbamates (subject to hydrolysis) is 1. The monoisotopic (exact) mass is 413 g/mol. The average molecular weight is 414 g/mol. The van der Waals surface area contributed by atoms with Gasteiger partial charge >= 0.3 is 12.1 Å². The molecule has 0 fully saturated rings. The molecular weight excluding hydrogens is 396 g/mol. The molecular formula is C19H18ClF2NO5. The number of hydrogen-bond acceptors (Lipinski definition) is 4. The number of methoxy groups -OCH3 is 1. The minimum atomic E-state index is -2.85. The zero-order valence-corrected chi connectivity index (χ0v) is 15.6. The van der Waals surface area contributed by atoms with E-state index >= 15 is 0 Å². The van der Waals surface area contributed by atoms with E-state index in [1.165, 1.54) is 19.2 Å².